The summed E-state index contributed by atoms with van der Waals surface area (Å²) in [6.07, 6.45) is 6.21. The number of nitriles is 1. The number of carbonyl (C=O) groups excluding carboxylic acids is 2. The summed E-state index contributed by atoms with van der Waals surface area (Å²) in [5.41, 5.74) is 1.72. The van der Waals surface area contributed by atoms with E-state index in [1.807, 2.05) is 46.9 Å². The third-order valence-electron chi connectivity index (χ3n) is 6.81. The predicted octanol–water partition coefficient (Wildman–Crippen LogP) is 5.00. The Morgan fingerprint density at radius 2 is 2.00 bits per heavy atom. The van der Waals surface area contributed by atoms with Crippen molar-refractivity contribution < 1.29 is 14.3 Å². The Bertz CT molecular complexity index is 1410. The molecule has 0 N–H and O–H groups in total. The van der Waals surface area contributed by atoms with Gasteiger partial charge in [-0.1, -0.05) is 6.07 Å². The van der Waals surface area contributed by atoms with Crippen molar-refractivity contribution >= 4 is 23.3 Å². The smallest absolute Gasteiger partial charge is 0.410 e. The second-order valence-corrected chi connectivity index (χ2v) is 12.2. The van der Waals surface area contributed by atoms with Gasteiger partial charge in [-0.2, -0.15) is 10.4 Å². The molecular formula is C28H33N7O3S. The number of thiazole rings is 1. The highest BCUT2D eigenvalue weighted by Gasteiger charge is 2.37. The fourth-order valence-corrected chi connectivity index (χ4v) is 5.61. The molecule has 3 aromatic heterocycles. The van der Waals surface area contributed by atoms with E-state index in [4.69, 9.17) is 4.74 Å². The van der Waals surface area contributed by atoms with Crippen molar-refractivity contribution in [1.82, 2.24) is 29.5 Å². The summed E-state index contributed by atoms with van der Waals surface area (Å²) >= 11 is 1.28. The Kier molecular flexibility index (Phi) is 7.16. The van der Waals surface area contributed by atoms with Gasteiger partial charge in [0.05, 0.1) is 12.2 Å². The zero-order valence-corrected chi connectivity index (χ0v) is 23.7. The van der Waals surface area contributed by atoms with Crippen molar-refractivity contribution in [3.63, 3.8) is 0 Å². The van der Waals surface area contributed by atoms with Crippen LogP contribution in [0.5, 0.6) is 0 Å². The Labute approximate surface area is 232 Å². The maximum absolute atomic E-state index is 13.6. The number of ether oxygens (including phenoxy) is 1. The Morgan fingerprint density at radius 3 is 2.62 bits per heavy atom. The van der Waals surface area contributed by atoms with Crippen LogP contribution in [-0.4, -0.2) is 72.3 Å². The molecule has 5 rings (SSSR count). The average Bonchev–Trinajstić information content (AvgIpc) is 3.26. The molecule has 0 bridgehead atoms. The third-order valence-corrected chi connectivity index (χ3v) is 7.66. The van der Waals surface area contributed by atoms with E-state index in [9.17, 15) is 14.9 Å². The molecule has 0 unspecified atom stereocenters. The van der Waals surface area contributed by atoms with E-state index in [0.29, 0.717) is 53.2 Å². The lowest BCUT2D eigenvalue weighted by molar-refractivity contribution is 0.0268. The summed E-state index contributed by atoms with van der Waals surface area (Å²) in [7, 11) is 0. The van der Waals surface area contributed by atoms with Crippen LogP contribution in [0.15, 0.2) is 29.9 Å². The number of aromatic nitrogens is 4. The van der Waals surface area contributed by atoms with Gasteiger partial charge in [0, 0.05) is 30.7 Å². The Hall–Kier alpha value is -3.78. The van der Waals surface area contributed by atoms with Crippen LogP contribution in [0.25, 0.3) is 16.5 Å². The van der Waals surface area contributed by atoms with Gasteiger partial charge in [-0.15, -0.1) is 11.3 Å². The highest BCUT2D eigenvalue weighted by molar-refractivity contribution is 7.13. The van der Waals surface area contributed by atoms with Gasteiger partial charge in [0.15, 0.2) is 5.82 Å². The van der Waals surface area contributed by atoms with Crippen molar-refractivity contribution in [2.45, 2.75) is 77.5 Å². The molecule has 204 valence electrons. The quantitative estimate of drug-likeness (QED) is 0.426. The molecule has 0 aromatic carbocycles. The first-order chi connectivity index (χ1) is 18.5. The number of hydrogen-bond donors (Lipinski definition) is 0. The van der Waals surface area contributed by atoms with Crippen molar-refractivity contribution in [3.05, 3.63) is 46.7 Å². The fraction of sp³-hybridized carbons (Fsp3) is 0.500. The van der Waals surface area contributed by atoms with Crippen molar-refractivity contribution in [3.8, 4) is 22.6 Å². The SMILES string of the molecule is CC(C)N(C(=O)c1csc(-c2nn(-c3ccc(C4CC4)cn3)cc2C#N)n1)[C@H]1CCN(C(=O)OC(C)(C)C)C1. The van der Waals surface area contributed by atoms with Crippen LogP contribution in [-0.2, 0) is 4.74 Å². The number of hydrogen-bond acceptors (Lipinski definition) is 8. The molecule has 10 nitrogen and oxygen atoms in total. The average molecular weight is 548 g/mol. The normalized spacial score (nSPS) is 17.4. The Balaban J connectivity index is 1.33. The summed E-state index contributed by atoms with van der Waals surface area (Å²) < 4.78 is 7.10. The lowest BCUT2D eigenvalue weighted by Gasteiger charge is -2.32. The summed E-state index contributed by atoms with van der Waals surface area (Å²) in [4.78, 5) is 38.8. The monoisotopic (exact) mass is 547 g/mol. The van der Waals surface area contributed by atoms with Gasteiger partial charge in [0.2, 0.25) is 0 Å². The van der Waals surface area contributed by atoms with Crippen LogP contribution < -0.4 is 0 Å². The third kappa shape index (κ3) is 5.81. The molecule has 11 heteroatoms. The number of carbonyl (C=O) groups is 2. The van der Waals surface area contributed by atoms with Gasteiger partial charge in [-0.3, -0.25) is 4.79 Å². The number of likely N-dealkylation sites (tertiary alicyclic amines) is 1. The first-order valence-corrected chi connectivity index (χ1v) is 14.1. The van der Waals surface area contributed by atoms with Crippen molar-refractivity contribution in [1.29, 1.82) is 5.26 Å². The van der Waals surface area contributed by atoms with E-state index in [1.54, 1.807) is 26.1 Å². The zero-order valence-electron chi connectivity index (χ0n) is 22.9. The molecule has 1 saturated carbocycles. The first kappa shape index (κ1) is 26.8. The van der Waals surface area contributed by atoms with Crippen LogP contribution in [0.4, 0.5) is 4.79 Å². The fourth-order valence-electron chi connectivity index (χ4n) is 4.82. The van der Waals surface area contributed by atoms with Crippen LogP contribution in [0.1, 0.15) is 81.4 Å². The van der Waals surface area contributed by atoms with E-state index in [0.717, 1.165) is 0 Å². The summed E-state index contributed by atoms with van der Waals surface area (Å²) in [6, 6.07) is 5.92. The van der Waals surface area contributed by atoms with Crippen molar-refractivity contribution in [2.75, 3.05) is 13.1 Å². The van der Waals surface area contributed by atoms with Gasteiger partial charge < -0.3 is 14.5 Å². The van der Waals surface area contributed by atoms with Gasteiger partial charge in [0.25, 0.3) is 5.91 Å². The minimum absolute atomic E-state index is 0.0928. The highest BCUT2D eigenvalue weighted by Crippen LogP contribution is 2.39. The van der Waals surface area contributed by atoms with Gasteiger partial charge in [-0.05, 0) is 71.4 Å². The lowest BCUT2D eigenvalue weighted by Crippen LogP contribution is -2.47. The molecule has 3 aromatic rings. The second-order valence-electron chi connectivity index (χ2n) is 11.4. The molecule has 2 amide bonds. The topological polar surface area (TPSA) is 117 Å². The summed E-state index contributed by atoms with van der Waals surface area (Å²) in [6.45, 7) is 10.4. The molecule has 4 heterocycles. The molecule has 2 aliphatic rings. The van der Waals surface area contributed by atoms with Crippen molar-refractivity contribution in [2.24, 2.45) is 0 Å². The number of amides is 2. The van der Waals surface area contributed by atoms with E-state index < -0.39 is 5.60 Å². The summed E-state index contributed by atoms with van der Waals surface area (Å²) in [5, 5.41) is 16.6. The molecule has 1 aliphatic heterocycles. The minimum atomic E-state index is -0.578. The predicted molar refractivity (Wildman–Crippen MR) is 147 cm³/mol. The first-order valence-electron chi connectivity index (χ1n) is 13.3. The van der Waals surface area contributed by atoms with Crippen LogP contribution in [0.2, 0.25) is 0 Å². The molecule has 1 aliphatic carbocycles. The number of nitrogens with zero attached hydrogens (tertiary/aromatic N) is 7. The van der Waals surface area contributed by atoms with Crippen LogP contribution in [0, 0.1) is 11.3 Å². The number of pyridine rings is 1. The zero-order chi connectivity index (χ0) is 27.9. The highest BCUT2D eigenvalue weighted by atomic mass is 32.1. The Morgan fingerprint density at radius 1 is 1.23 bits per heavy atom. The number of rotatable bonds is 6. The maximum atomic E-state index is 13.6. The minimum Gasteiger partial charge on any atom is -0.444 e. The van der Waals surface area contributed by atoms with E-state index in [1.165, 1.54) is 29.7 Å². The maximum Gasteiger partial charge on any atom is 0.410 e. The van der Waals surface area contributed by atoms with Crippen LogP contribution in [0.3, 0.4) is 0 Å². The molecule has 1 saturated heterocycles. The van der Waals surface area contributed by atoms with Crippen LogP contribution >= 0.6 is 11.3 Å². The molecule has 0 spiro atoms. The lowest BCUT2D eigenvalue weighted by atomic mass is 10.1. The van der Waals surface area contributed by atoms with Gasteiger partial charge >= 0.3 is 6.09 Å². The molecular weight excluding hydrogens is 514 g/mol. The largest absolute Gasteiger partial charge is 0.444 e. The standard InChI is InChI=1S/C28H33N7O3S/c1-17(2)35(21-10-11-33(15-21)27(37)38-28(3,4)5)26(36)22-16-39-25(31-22)24-20(12-29)14-34(32-24)23-9-8-19(13-30-23)18-6-7-18/h8-9,13-14,16-18,21H,6-7,10-11,15H2,1-5H3/t21-/m0/s1. The summed E-state index contributed by atoms with van der Waals surface area (Å²) in [5.74, 6) is 1.02. The van der Waals surface area contributed by atoms with Gasteiger partial charge in [0.1, 0.15) is 33.6 Å². The van der Waals surface area contributed by atoms with E-state index in [-0.39, 0.29) is 24.1 Å². The molecule has 1 atom stereocenters. The molecule has 2 fully saturated rings. The second kappa shape index (κ2) is 10.4. The van der Waals surface area contributed by atoms with E-state index >= 15 is 0 Å². The van der Waals surface area contributed by atoms with Gasteiger partial charge in [-0.25, -0.2) is 19.4 Å². The van der Waals surface area contributed by atoms with E-state index in [2.05, 4.69) is 27.2 Å². The molecule has 39 heavy (non-hydrogen) atoms. The molecule has 0 radical (unpaired) electrons.